The average molecular weight is 353 g/mol. The first-order valence-electron chi connectivity index (χ1n) is 8.70. The van der Waals surface area contributed by atoms with Crippen LogP contribution in [0.2, 0.25) is 0 Å². The van der Waals surface area contributed by atoms with Gasteiger partial charge in [0.15, 0.2) is 11.5 Å². The van der Waals surface area contributed by atoms with Crippen molar-refractivity contribution < 1.29 is 14.4 Å². The Labute approximate surface area is 149 Å². The number of hydrogen-bond donors (Lipinski definition) is 1. The van der Waals surface area contributed by atoms with Crippen molar-refractivity contribution in [2.24, 2.45) is 11.8 Å². The highest BCUT2D eigenvalue weighted by atomic mass is 16.2. The van der Waals surface area contributed by atoms with Gasteiger partial charge in [-0.15, -0.1) is 10.2 Å². The van der Waals surface area contributed by atoms with Gasteiger partial charge in [-0.25, -0.2) is 0 Å². The van der Waals surface area contributed by atoms with Gasteiger partial charge in [-0.3, -0.25) is 23.7 Å². The second kappa shape index (κ2) is 6.70. The molecule has 8 nitrogen and oxygen atoms in total. The summed E-state index contributed by atoms with van der Waals surface area (Å²) >= 11 is 0. The molecule has 1 saturated heterocycles. The highest BCUT2D eigenvalue weighted by Crippen LogP contribution is 2.34. The lowest BCUT2D eigenvalue weighted by Gasteiger charge is -2.14. The molecule has 0 aromatic carbocycles. The molecule has 2 aliphatic rings. The van der Waals surface area contributed by atoms with Crippen molar-refractivity contribution in [2.75, 3.05) is 6.54 Å². The van der Waals surface area contributed by atoms with Gasteiger partial charge in [0, 0.05) is 19.2 Å². The van der Waals surface area contributed by atoms with Gasteiger partial charge in [0.05, 0.1) is 18.4 Å². The first-order valence-corrected chi connectivity index (χ1v) is 8.70. The van der Waals surface area contributed by atoms with Crippen molar-refractivity contribution in [3.05, 3.63) is 42.4 Å². The van der Waals surface area contributed by atoms with Crippen LogP contribution in [0, 0.1) is 11.8 Å². The van der Waals surface area contributed by atoms with Crippen molar-refractivity contribution in [3.63, 3.8) is 0 Å². The molecule has 26 heavy (non-hydrogen) atoms. The maximum absolute atomic E-state index is 12.4. The number of amides is 3. The largest absolute Gasteiger partial charge is 0.349 e. The smallest absolute Gasteiger partial charge is 0.233 e. The molecule has 1 fully saturated rings. The lowest BCUT2D eigenvalue weighted by Crippen LogP contribution is -2.35. The van der Waals surface area contributed by atoms with E-state index in [1.54, 1.807) is 4.40 Å². The molecule has 0 saturated carbocycles. The summed E-state index contributed by atoms with van der Waals surface area (Å²) in [6, 6.07) is 5.56. The van der Waals surface area contributed by atoms with Gasteiger partial charge >= 0.3 is 0 Å². The Hall–Kier alpha value is -3.03. The molecule has 2 aromatic rings. The fourth-order valence-electron chi connectivity index (χ4n) is 3.58. The fourth-order valence-corrected chi connectivity index (χ4v) is 3.58. The fraction of sp³-hybridized carbons (Fsp3) is 0.389. The van der Waals surface area contributed by atoms with Gasteiger partial charge in [-0.2, -0.15) is 0 Å². The summed E-state index contributed by atoms with van der Waals surface area (Å²) in [6.07, 6.45) is 7.03. The van der Waals surface area contributed by atoms with Gasteiger partial charge in [-0.05, 0) is 25.0 Å². The van der Waals surface area contributed by atoms with Crippen LogP contribution in [0.25, 0.3) is 5.65 Å². The first-order chi connectivity index (χ1) is 12.6. The number of imide groups is 1. The molecule has 0 bridgehead atoms. The van der Waals surface area contributed by atoms with Gasteiger partial charge in [-0.1, -0.05) is 18.2 Å². The van der Waals surface area contributed by atoms with Crippen LogP contribution in [0.15, 0.2) is 36.5 Å². The Morgan fingerprint density at radius 3 is 2.58 bits per heavy atom. The van der Waals surface area contributed by atoms with E-state index < -0.39 is 0 Å². The molecular weight excluding hydrogens is 334 g/mol. The van der Waals surface area contributed by atoms with Gasteiger partial charge in [0.1, 0.15) is 0 Å². The highest BCUT2D eigenvalue weighted by molar-refractivity contribution is 6.05. The molecular formula is C18H19N5O3. The minimum Gasteiger partial charge on any atom is -0.349 e. The molecule has 3 heterocycles. The summed E-state index contributed by atoms with van der Waals surface area (Å²) in [5.41, 5.74) is 0.709. The maximum Gasteiger partial charge on any atom is 0.233 e. The van der Waals surface area contributed by atoms with E-state index >= 15 is 0 Å². The van der Waals surface area contributed by atoms with E-state index in [4.69, 9.17) is 0 Å². The molecule has 0 spiro atoms. The lowest BCUT2D eigenvalue weighted by atomic mass is 9.85. The molecule has 1 aliphatic carbocycles. The third-order valence-corrected chi connectivity index (χ3v) is 4.99. The molecule has 8 heteroatoms. The van der Waals surface area contributed by atoms with Gasteiger partial charge in [0.25, 0.3) is 0 Å². The molecule has 4 rings (SSSR count). The topological polar surface area (TPSA) is 96.7 Å². The molecule has 0 unspecified atom stereocenters. The van der Waals surface area contributed by atoms with Crippen molar-refractivity contribution in [1.82, 2.24) is 24.8 Å². The van der Waals surface area contributed by atoms with E-state index in [1.807, 2.05) is 36.5 Å². The summed E-state index contributed by atoms with van der Waals surface area (Å²) < 4.78 is 1.80. The van der Waals surface area contributed by atoms with E-state index in [1.165, 1.54) is 4.90 Å². The molecule has 134 valence electrons. The predicted octanol–water partition coefficient (Wildman–Crippen LogP) is 0.687. The normalized spacial score (nSPS) is 22.1. The number of likely N-dealkylation sites (tertiary alicyclic amines) is 1. The van der Waals surface area contributed by atoms with Crippen molar-refractivity contribution in [1.29, 1.82) is 0 Å². The Bertz CT molecular complexity index is 877. The molecule has 0 radical (unpaired) electrons. The van der Waals surface area contributed by atoms with Crippen molar-refractivity contribution >= 4 is 23.4 Å². The summed E-state index contributed by atoms with van der Waals surface area (Å²) in [5.74, 6) is -0.414. The van der Waals surface area contributed by atoms with E-state index in [2.05, 4.69) is 15.5 Å². The van der Waals surface area contributed by atoms with Crippen LogP contribution in [0.1, 0.15) is 25.1 Å². The zero-order chi connectivity index (χ0) is 18.1. The summed E-state index contributed by atoms with van der Waals surface area (Å²) in [4.78, 5) is 38.1. The van der Waals surface area contributed by atoms with Crippen molar-refractivity contribution in [3.8, 4) is 0 Å². The SMILES string of the molecule is O=C(CCN1C(=O)[C@H]2CC=CC[C@@H]2C1=O)NCc1nnc2ccccn12. The standard InChI is InChI=1S/C18H19N5O3/c24-16(19-11-15-21-20-14-7-3-4-9-22(14)15)8-10-23-17(25)12-5-1-2-6-13(12)18(23)26/h1-4,7,9,12-13H,5-6,8,10-11H2,(H,19,24)/t12-,13-/m0/s1. The van der Waals surface area contributed by atoms with E-state index in [0.717, 1.165) is 0 Å². The van der Waals surface area contributed by atoms with Crippen LogP contribution < -0.4 is 5.32 Å². The molecule has 3 amide bonds. The third kappa shape index (κ3) is 2.87. The minimum atomic E-state index is -0.252. The number of rotatable bonds is 5. The van der Waals surface area contributed by atoms with Crippen LogP contribution in [0.5, 0.6) is 0 Å². The summed E-state index contributed by atoms with van der Waals surface area (Å²) in [5, 5.41) is 10.8. The number of aromatic nitrogens is 3. The Kier molecular flexibility index (Phi) is 4.24. The van der Waals surface area contributed by atoms with Crippen LogP contribution >= 0.6 is 0 Å². The number of allylic oxidation sites excluding steroid dienone is 2. The first kappa shape index (κ1) is 16.4. The lowest BCUT2D eigenvalue weighted by molar-refractivity contribution is -0.140. The van der Waals surface area contributed by atoms with Crippen LogP contribution in [0.4, 0.5) is 0 Å². The molecule has 1 aliphatic heterocycles. The monoisotopic (exact) mass is 353 g/mol. The van der Waals surface area contributed by atoms with Crippen LogP contribution in [-0.4, -0.2) is 43.8 Å². The van der Waals surface area contributed by atoms with Gasteiger partial charge in [0.2, 0.25) is 17.7 Å². The Morgan fingerprint density at radius 1 is 1.12 bits per heavy atom. The number of hydrogen-bond acceptors (Lipinski definition) is 5. The number of fused-ring (bicyclic) bond motifs is 2. The number of pyridine rings is 1. The minimum absolute atomic E-state index is 0.0844. The predicted molar refractivity (Wildman–Crippen MR) is 91.5 cm³/mol. The second-order valence-electron chi connectivity index (χ2n) is 6.56. The van der Waals surface area contributed by atoms with Crippen LogP contribution in [0.3, 0.4) is 0 Å². The van der Waals surface area contributed by atoms with Crippen molar-refractivity contribution in [2.45, 2.75) is 25.8 Å². The Morgan fingerprint density at radius 2 is 1.85 bits per heavy atom. The van der Waals surface area contributed by atoms with E-state index in [0.29, 0.717) is 24.3 Å². The molecule has 1 N–H and O–H groups in total. The molecule has 2 atom stereocenters. The van der Waals surface area contributed by atoms with Gasteiger partial charge < -0.3 is 5.32 Å². The van der Waals surface area contributed by atoms with E-state index in [-0.39, 0.29) is 49.1 Å². The summed E-state index contributed by atoms with van der Waals surface area (Å²) in [6.45, 7) is 0.359. The van der Waals surface area contributed by atoms with Crippen LogP contribution in [-0.2, 0) is 20.9 Å². The third-order valence-electron chi connectivity index (χ3n) is 4.99. The number of nitrogens with one attached hydrogen (secondary N) is 1. The zero-order valence-corrected chi connectivity index (χ0v) is 14.2. The Balaban J connectivity index is 1.32. The second-order valence-corrected chi connectivity index (χ2v) is 6.56. The highest BCUT2D eigenvalue weighted by Gasteiger charge is 2.46. The quantitative estimate of drug-likeness (QED) is 0.630. The summed E-state index contributed by atoms with van der Waals surface area (Å²) in [7, 11) is 0. The van der Waals surface area contributed by atoms with E-state index in [9.17, 15) is 14.4 Å². The number of carbonyl (C=O) groups excluding carboxylic acids is 3. The zero-order valence-electron chi connectivity index (χ0n) is 14.2. The number of nitrogens with zero attached hydrogens (tertiary/aromatic N) is 4. The maximum atomic E-state index is 12.4. The molecule has 2 aromatic heterocycles. The average Bonchev–Trinajstić information content (AvgIpc) is 3.19. The number of carbonyl (C=O) groups is 3.